The number of nitrogens with two attached hydrogens (primary N) is 1. The summed E-state index contributed by atoms with van der Waals surface area (Å²) in [6.07, 6.45) is 0.585. The Labute approximate surface area is 87.2 Å². The molecule has 0 bridgehead atoms. The van der Waals surface area contributed by atoms with Gasteiger partial charge in [0.15, 0.2) is 0 Å². The van der Waals surface area contributed by atoms with Crippen molar-refractivity contribution in [3.05, 3.63) is 22.4 Å². The van der Waals surface area contributed by atoms with Gasteiger partial charge in [-0.15, -0.1) is 0 Å². The first kappa shape index (κ1) is 11.0. The molecule has 0 atom stereocenters. The van der Waals surface area contributed by atoms with Crippen LogP contribution in [0.1, 0.15) is 34.1 Å². The van der Waals surface area contributed by atoms with Crippen LogP contribution >= 0.6 is 0 Å². The van der Waals surface area contributed by atoms with Crippen LogP contribution in [-0.2, 0) is 6.42 Å². The number of carboxylic acid groups (broad SMARTS) is 1. The molecule has 1 rings (SSSR count). The Balaban J connectivity index is 3.64. The predicted octanol–water partition coefficient (Wildman–Crippen LogP) is 1.10. The lowest BCUT2D eigenvalue weighted by atomic mass is 10.0. The van der Waals surface area contributed by atoms with Crippen LogP contribution in [0.4, 0.5) is 5.82 Å². The Morgan fingerprint density at radius 3 is 2.67 bits per heavy atom. The van der Waals surface area contributed by atoms with Gasteiger partial charge in [0.2, 0.25) is 0 Å². The van der Waals surface area contributed by atoms with Gasteiger partial charge >= 0.3 is 5.97 Å². The van der Waals surface area contributed by atoms with Gasteiger partial charge in [-0.2, -0.15) is 5.26 Å². The average molecular weight is 205 g/mol. The molecule has 1 heterocycles. The number of aromatic nitrogens is 1. The van der Waals surface area contributed by atoms with E-state index in [9.17, 15) is 4.79 Å². The highest BCUT2D eigenvalue weighted by Crippen LogP contribution is 2.21. The van der Waals surface area contributed by atoms with Crippen molar-refractivity contribution in [3.63, 3.8) is 0 Å². The van der Waals surface area contributed by atoms with Gasteiger partial charge in [0, 0.05) is 5.69 Å². The van der Waals surface area contributed by atoms with E-state index in [1.54, 1.807) is 13.0 Å². The van der Waals surface area contributed by atoms with Crippen LogP contribution in [0, 0.1) is 18.3 Å². The number of aromatic carboxylic acids is 1. The minimum Gasteiger partial charge on any atom is -0.478 e. The zero-order valence-corrected chi connectivity index (χ0v) is 8.53. The normalized spacial score (nSPS) is 9.67. The highest BCUT2D eigenvalue weighted by molar-refractivity contribution is 5.94. The largest absolute Gasteiger partial charge is 0.478 e. The summed E-state index contributed by atoms with van der Waals surface area (Å²) in [6.45, 7) is 3.49. The molecular formula is C10H11N3O2. The van der Waals surface area contributed by atoms with E-state index in [0.29, 0.717) is 17.7 Å². The number of hydrogen-bond donors (Lipinski definition) is 2. The Hall–Kier alpha value is -2.09. The van der Waals surface area contributed by atoms with E-state index in [1.807, 2.05) is 6.92 Å². The molecule has 78 valence electrons. The van der Waals surface area contributed by atoms with Crippen molar-refractivity contribution in [2.24, 2.45) is 0 Å². The number of hydrogen-bond acceptors (Lipinski definition) is 4. The number of pyridine rings is 1. The molecule has 0 unspecified atom stereocenters. The zero-order valence-electron chi connectivity index (χ0n) is 8.53. The summed E-state index contributed by atoms with van der Waals surface area (Å²) in [5.74, 6) is -1.16. The van der Waals surface area contributed by atoms with Crippen molar-refractivity contribution in [1.29, 1.82) is 5.26 Å². The molecule has 0 aliphatic rings. The van der Waals surface area contributed by atoms with Crippen LogP contribution in [0.2, 0.25) is 0 Å². The molecule has 0 saturated carbocycles. The van der Waals surface area contributed by atoms with Gasteiger partial charge in [0.25, 0.3) is 0 Å². The quantitative estimate of drug-likeness (QED) is 0.753. The van der Waals surface area contributed by atoms with Gasteiger partial charge in [-0.3, -0.25) is 0 Å². The minimum atomic E-state index is -1.15. The zero-order chi connectivity index (χ0) is 11.6. The van der Waals surface area contributed by atoms with E-state index in [2.05, 4.69) is 4.98 Å². The number of aryl methyl sites for hydroxylation is 1. The predicted molar refractivity (Wildman–Crippen MR) is 54.4 cm³/mol. The lowest BCUT2D eigenvalue weighted by molar-refractivity contribution is 0.0695. The minimum absolute atomic E-state index is 0.0163. The fourth-order valence-corrected chi connectivity index (χ4v) is 1.47. The SMILES string of the molecule is CCc1nc(N)c(C#N)c(C(=O)O)c1C. The van der Waals surface area contributed by atoms with Gasteiger partial charge in [-0.1, -0.05) is 6.92 Å². The van der Waals surface area contributed by atoms with E-state index in [1.165, 1.54) is 0 Å². The van der Waals surface area contributed by atoms with Crippen molar-refractivity contribution >= 4 is 11.8 Å². The van der Waals surface area contributed by atoms with E-state index < -0.39 is 5.97 Å². The maximum atomic E-state index is 11.0. The van der Waals surface area contributed by atoms with Crippen molar-refractivity contribution in [1.82, 2.24) is 4.98 Å². The Morgan fingerprint density at radius 2 is 2.27 bits per heavy atom. The topological polar surface area (TPSA) is 100 Å². The molecule has 0 aromatic carbocycles. The molecule has 0 spiro atoms. The number of nitrogens with zero attached hydrogens (tertiary/aromatic N) is 2. The van der Waals surface area contributed by atoms with Crippen LogP contribution in [-0.4, -0.2) is 16.1 Å². The van der Waals surface area contributed by atoms with E-state index in [4.69, 9.17) is 16.1 Å². The first-order valence-corrected chi connectivity index (χ1v) is 4.45. The van der Waals surface area contributed by atoms with Crippen molar-refractivity contribution < 1.29 is 9.90 Å². The van der Waals surface area contributed by atoms with Crippen molar-refractivity contribution in [2.75, 3.05) is 5.73 Å². The van der Waals surface area contributed by atoms with Crippen LogP contribution in [0.15, 0.2) is 0 Å². The number of nitriles is 1. The van der Waals surface area contributed by atoms with Crippen LogP contribution in [0.25, 0.3) is 0 Å². The molecule has 5 nitrogen and oxygen atoms in total. The summed E-state index contributed by atoms with van der Waals surface area (Å²) in [5, 5.41) is 17.8. The Kier molecular flexibility index (Phi) is 2.90. The number of carboxylic acids is 1. The smallest absolute Gasteiger partial charge is 0.337 e. The van der Waals surface area contributed by atoms with Gasteiger partial charge in [0.05, 0.1) is 5.56 Å². The standard InChI is InChI=1S/C10H11N3O2/c1-3-7-5(2)8(10(14)15)6(4-11)9(12)13-7/h3H2,1-2H3,(H2,12,13)(H,14,15). The fourth-order valence-electron chi connectivity index (χ4n) is 1.47. The van der Waals surface area contributed by atoms with E-state index in [-0.39, 0.29) is 16.9 Å². The third-order valence-electron chi connectivity index (χ3n) is 2.23. The molecule has 3 N–H and O–H groups in total. The highest BCUT2D eigenvalue weighted by Gasteiger charge is 2.19. The Morgan fingerprint density at radius 1 is 1.67 bits per heavy atom. The molecule has 5 heteroatoms. The second-order valence-electron chi connectivity index (χ2n) is 3.09. The first-order chi connectivity index (χ1) is 7.02. The molecular weight excluding hydrogens is 194 g/mol. The number of nitrogen functional groups attached to an aromatic ring is 1. The molecule has 1 aromatic heterocycles. The lowest BCUT2D eigenvalue weighted by Crippen LogP contribution is -2.11. The second kappa shape index (κ2) is 3.96. The summed E-state index contributed by atoms with van der Waals surface area (Å²) in [4.78, 5) is 15.0. The summed E-state index contributed by atoms with van der Waals surface area (Å²) in [5.41, 5.74) is 6.54. The molecule has 0 saturated heterocycles. The third kappa shape index (κ3) is 1.74. The summed E-state index contributed by atoms with van der Waals surface area (Å²) < 4.78 is 0. The number of anilines is 1. The molecule has 0 aliphatic carbocycles. The monoisotopic (exact) mass is 205 g/mol. The van der Waals surface area contributed by atoms with Crippen LogP contribution < -0.4 is 5.73 Å². The van der Waals surface area contributed by atoms with E-state index >= 15 is 0 Å². The lowest BCUT2D eigenvalue weighted by Gasteiger charge is -2.09. The maximum absolute atomic E-state index is 11.0. The maximum Gasteiger partial charge on any atom is 0.337 e. The van der Waals surface area contributed by atoms with Crippen LogP contribution in [0.5, 0.6) is 0 Å². The molecule has 1 aromatic rings. The highest BCUT2D eigenvalue weighted by atomic mass is 16.4. The average Bonchev–Trinajstić information content (AvgIpc) is 2.19. The molecule has 0 radical (unpaired) electrons. The van der Waals surface area contributed by atoms with Crippen molar-refractivity contribution in [3.8, 4) is 6.07 Å². The second-order valence-corrected chi connectivity index (χ2v) is 3.09. The van der Waals surface area contributed by atoms with Crippen molar-refractivity contribution in [2.45, 2.75) is 20.3 Å². The molecule has 0 aliphatic heterocycles. The Bertz CT molecular complexity index is 460. The van der Waals surface area contributed by atoms with Gasteiger partial charge in [0.1, 0.15) is 17.5 Å². The summed E-state index contributed by atoms with van der Waals surface area (Å²) in [6, 6.07) is 1.77. The third-order valence-corrected chi connectivity index (χ3v) is 2.23. The molecule has 0 amide bonds. The fraction of sp³-hybridized carbons (Fsp3) is 0.300. The first-order valence-electron chi connectivity index (χ1n) is 4.45. The number of rotatable bonds is 2. The number of carbonyl (C=O) groups is 1. The molecule has 0 fully saturated rings. The van der Waals surface area contributed by atoms with Gasteiger partial charge in [-0.25, -0.2) is 9.78 Å². The van der Waals surface area contributed by atoms with E-state index in [0.717, 1.165) is 0 Å². The van der Waals surface area contributed by atoms with Crippen LogP contribution in [0.3, 0.4) is 0 Å². The summed E-state index contributed by atoms with van der Waals surface area (Å²) in [7, 11) is 0. The van der Waals surface area contributed by atoms with Gasteiger partial charge < -0.3 is 10.8 Å². The van der Waals surface area contributed by atoms with Gasteiger partial charge in [-0.05, 0) is 18.9 Å². The summed E-state index contributed by atoms with van der Waals surface area (Å²) >= 11 is 0. The molecule has 15 heavy (non-hydrogen) atoms.